The largest absolute Gasteiger partial charge is 0.300 e. The fourth-order valence-electron chi connectivity index (χ4n) is 2.46. The molecule has 0 heterocycles. The van der Waals surface area contributed by atoms with Crippen molar-refractivity contribution >= 4 is 11.3 Å². The Bertz CT molecular complexity index is 856. The Morgan fingerprint density at radius 2 is 1.59 bits per heavy atom. The van der Waals surface area contributed by atoms with Crippen LogP contribution in [0.15, 0.2) is 78.9 Å². The summed E-state index contributed by atoms with van der Waals surface area (Å²) >= 11 is 0. The zero-order valence-corrected chi connectivity index (χ0v) is 12.1. The van der Waals surface area contributed by atoms with Gasteiger partial charge in [0.1, 0.15) is 0 Å². The minimum atomic E-state index is 0.458. The molecule has 1 N–H and O–H groups in total. The van der Waals surface area contributed by atoms with Crippen LogP contribution in [0.5, 0.6) is 0 Å². The van der Waals surface area contributed by atoms with Crippen molar-refractivity contribution in [2.24, 2.45) is 0 Å². The van der Waals surface area contributed by atoms with Crippen molar-refractivity contribution < 1.29 is 0 Å². The number of hydrogen-bond donors (Lipinski definition) is 1. The number of allylic oxidation sites excluding steroid dienone is 5. The van der Waals surface area contributed by atoms with Gasteiger partial charge in [-0.3, -0.25) is 0 Å². The topological polar surface area (TPSA) is 23.9 Å². The van der Waals surface area contributed by atoms with E-state index in [2.05, 4.69) is 36.8 Å². The molecule has 0 saturated carbocycles. The molecule has 0 bridgehead atoms. The predicted octanol–water partition coefficient (Wildman–Crippen LogP) is 4.86. The Morgan fingerprint density at radius 1 is 0.909 bits per heavy atom. The molecule has 1 aliphatic rings. The third-order valence-corrected chi connectivity index (χ3v) is 3.72. The maximum atomic E-state index is 7.85. The molecule has 3 rings (SSSR count). The van der Waals surface area contributed by atoms with E-state index in [0.29, 0.717) is 5.71 Å². The van der Waals surface area contributed by atoms with Gasteiger partial charge in [0.15, 0.2) is 0 Å². The summed E-state index contributed by atoms with van der Waals surface area (Å²) in [6.07, 6.45) is 11.3. The number of nitrogens with one attached hydrogen (secondary N) is 1. The Labute approximate surface area is 130 Å². The molecule has 104 valence electrons. The van der Waals surface area contributed by atoms with Crippen molar-refractivity contribution in [3.63, 3.8) is 0 Å². The van der Waals surface area contributed by atoms with Crippen LogP contribution in [0, 0.1) is 17.8 Å². The van der Waals surface area contributed by atoms with E-state index in [1.807, 2.05) is 42.5 Å². The van der Waals surface area contributed by atoms with Crippen LogP contribution in [0.3, 0.4) is 0 Å². The maximum Gasteiger partial charge on any atom is 0.0612 e. The predicted molar refractivity (Wildman–Crippen MR) is 93.8 cm³/mol. The highest BCUT2D eigenvalue weighted by Gasteiger charge is 2.08. The number of terminal acetylenes is 1. The lowest BCUT2D eigenvalue weighted by Gasteiger charge is -2.11. The van der Waals surface area contributed by atoms with Crippen molar-refractivity contribution in [3.05, 3.63) is 90.0 Å². The van der Waals surface area contributed by atoms with Crippen LogP contribution in [0.25, 0.3) is 16.7 Å². The summed E-state index contributed by atoms with van der Waals surface area (Å²) < 4.78 is 0. The molecule has 0 spiro atoms. The fourth-order valence-corrected chi connectivity index (χ4v) is 2.46. The van der Waals surface area contributed by atoms with E-state index in [-0.39, 0.29) is 0 Å². The molecule has 1 nitrogen and oxygen atoms in total. The van der Waals surface area contributed by atoms with Gasteiger partial charge in [-0.15, -0.1) is 6.42 Å². The van der Waals surface area contributed by atoms with Gasteiger partial charge in [0.25, 0.3) is 0 Å². The van der Waals surface area contributed by atoms with Gasteiger partial charge >= 0.3 is 0 Å². The molecule has 22 heavy (non-hydrogen) atoms. The van der Waals surface area contributed by atoms with Gasteiger partial charge in [-0.25, -0.2) is 0 Å². The van der Waals surface area contributed by atoms with E-state index in [1.165, 1.54) is 0 Å². The summed E-state index contributed by atoms with van der Waals surface area (Å²) in [7, 11) is 0. The van der Waals surface area contributed by atoms with Crippen LogP contribution in [0.4, 0.5) is 0 Å². The molecular formula is C21H15N. The lowest BCUT2D eigenvalue weighted by Crippen LogP contribution is -1.99. The third kappa shape index (κ3) is 2.55. The monoisotopic (exact) mass is 281 g/mol. The highest BCUT2D eigenvalue weighted by atomic mass is 14.4. The smallest absolute Gasteiger partial charge is 0.0612 e. The first-order chi connectivity index (χ1) is 10.7. The number of benzene rings is 2. The van der Waals surface area contributed by atoms with E-state index in [0.717, 1.165) is 33.4 Å². The summed E-state index contributed by atoms with van der Waals surface area (Å²) in [6.45, 7) is 3.82. The van der Waals surface area contributed by atoms with Gasteiger partial charge in [0, 0.05) is 5.56 Å². The summed E-state index contributed by atoms with van der Waals surface area (Å²) in [5, 5.41) is 7.85. The van der Waals surface area contributed by atoms with Gasteiger partial charge in [0.05, 0.1) is 5.71 Å². The van der Waals surface area contributed by atoms with Crippen molar-refractivity contribution in [2.75, 3.05) is 0 Å². The lowest BCUT2D eigenvalue weighted by atomic mass is 9.94. The fraction of sp³-hybridized carbons (Fsp3) is 0. The Morgan fingerprint density at radius 3 is 2.27 bits per heavy atom. The summed E-state index contributed by atoms with van der Waals surface area (Å²) in [4.78, 5) is 0. The Balaban J connectivity index is 1.96. The SMILES string of the molecule is C#Cc1ccccc1-c1ccc(C2=CC(=N)C(=C)C=C2)cc1. The van der Waals surface area contributed by atoms with Crippen molar-refractivity contribution in [3.8, 4) is 23.5 Å². The second-order valence-electron chi connectivity index (χ2n) is 5.14. The number of hydrogen-bond acceptors (Lipinski definition) is 1. The average Bonchev–Trinajstić information content (AvgIpc) is 2.57. The van der Waals surface area contributed by atoms with Crippen molar-refractivity contribution in [2.45, 2.75) is 0 Å². The van der Waals surface area contributed by atoms with Gasteiger partial charge in [-0.1, -0.05) is 67.1 Å². The number of rotatable bonds is 2. The average molecular weight is 281 g/mol. The maximum absolute atomic E-state index is 7.85. The lowest BCUT2D eigenvalue weighted by molar-refractivity contribution is 1.49. The van der Waals surface area contributed by atoms with E-state index in [9.17, 15) is 0 Å². The van der Waals surface area contributed by atoms with Crippen molar-refractivity contribution in [1.82, 2.24) is 0 Å². The normalized spacial score (nSPS) is 13.7. The van der Waals surface area contributed by atoms with E-state index in [4.69, 9.17) is 11.8 Å². The van der Waals surface area contributed by atoms with Crippen molar-refractivity contribution in [1.29, 1.82) is 5.41 Å². The molecule has 0 aliphatic heterocycles. The molecule has 2 aromatic carbocycles. The Kier molecular flexibility index (Phi) is 3.60. The standard InChI is InChI=1S/C21H15N/c1-3-16-6-4-5-7-20(16)18-12-10-17(11-13-18)19-9-8-15(2)21(22)14-19/h1,4-14,22H,2H2. The first kappa shape index (κ1) is 13.9. The van der Waals surface area contributed by atoms with E-state index >= 15 is 0 Å². The van der Waals surface area contributed by atoms with Crippen LogP contribution in [-0.4, -0.2) is 5.71 Å². The summed E-state index contributed by atoms with van der Waals surface area (Å²) in [6, 6.07) is 16.2. The van der Waals surface area contributed by atoms with Gasteiger partial charge in [-0.2, -0.15) is 0 Å². The summed E-state index contributed by atoms with van der Waals surface area (Å²) in [5.74, 6) is 2.72. The molecule has 0 saturated heterocycles. The van der Waals surface area contributed by atoms with Gasteiger partial charge < -0.3 is 5.41 Å². The van der Waals surface area contributed by atoms with Gasteiger partial charge in [-0.05, 0) is 40.0 Å². The van der Waals surface area contributed by atoms with Crippen LogP contribution in [0.1, 0.15) is 11.1 Å². The van der Waals surface area contributed by atoms with Crippen LogP contribution in [0.2, 0.25) is 0 Å². The molecule has 1 heteroatoms. The molecule has 0 unspecified atom stereocenters. The zero-order chi connectivity index (χ0) is 15.5. The molecule has 0 amide bonds. The second-order valence-corrected chi connectivity index (χ2v) is 5.14. The molecule has 0 fully saturated rings. The van der Waals surface area contributed by atoms with Crippen LogP contribution >= 0.6 is 0 Å². The molecule has 1 aliphatic carbocycles. The van der Waals surface area contributed by atoms with Gasteiger partial charge in [0.2, 0.25) is 0 Å². The van der Waals surface area contributed by atoms with Crippen LogP contribution < -0.4 is 0 Å². The second kappa shape index (κ2) is 5.71. The van der Waals surface area contributed by atoms with E-state index in [1.54, 1.807) is 0 Å². The molecule has 0 atom stereocenters. The first-order valence-corrected chi connectivity index (χ1v) is 7.03. The summed E-state index contributed by atoms with van der Waals surface area (Å²) in [5.41, 5.74) is 6.35. The molecule has 2 aromatic rings. The molecule has 0 aromatic heterocycles. The zero-order valence-electron chi connectivity index (χ0n) is 12.1. The highest BCUT2D eigenvalue weighted by Crippen LogP contribution is 2.27. The minimum absolute atomic E-state index is 0.458. The van der Waals surface area contributed by atoms with E-state index < -0.39 is 0 Å². The minimum Gasteiger partial charge on any atom is -0.300 e. The third-order valence-electron chi connectivity index (χ3n) is 3.72. The quantitative estimate of drug-likeness (QED) is 0.760. The molecule has 0 radical (unpaired) electrons. The highest BCUT2D eigenvalue weighted by molar-refractivity contribution is 6.14. The Hall–Kier alpha value is -3.11. The molecular weight excluding hydrogens is 266 g/mol. The van der Waals surface area contributed by atoms with Crippen LogP contribution in [-0.2, 0) is 0 Å². The first-order valence-electron chi connectivity index (χ1n) is 7.03.